The molecule has 0 bridgehead atoms. The lowest BCUT2D eigenvalue weighted by molar-refractivity contribution is -0.113. The van der Waals surface area contributed by atoms with E-state index < -0.39 is 0 Å². The fourth-order valence-electron chi connectivity index (χ4n) is 0.595. The molecule has 0 saturated carbocycles. The molecule has 0 radical (unpaired) electrons. The zero-order valence-electron chi connectivity index (χ0n) is 7.62. The third-order valence-corrected chi connectivity index (χ3v) is 3.27. The van der Waals surface area contributed by atoms with Gasteiger partial charge in [0, 0.05) is 18.6 Å². The predicted octanol–water partition coefficient (Wildman–Crippen LogP) is 2.18. The van der Waals surface area contributed by atoms with Crippen LogP contribution >= 0.6 is 23.5 Å². The van der Waals surface area contributed by atoms with Gasteiger partial charge in [-0.2, -0.15) is 0 Å². The minimum Gasteiger partial charge on any atom is -0.288 e. The Kier molecular flexibility index (Phi) is 6.57. The van der Waals surface area contributed by atoms with Crippen molar-refractivity contribution >= 4 is 33.8 Å². The smallest absolute Gasteiger partial charge is 0.192 e. The maximum Gasteiger partial charge on any atom is 0.192 e. The highest BCUT2D eigenvalue weighted by Gasteiger charge is 2.13. The first-order valence-electron chi connectivity index (χ1n) is 3.88. The lowest BCUT2D eigenvalue weighted by atomic mass is 10.2. The van der Waals surface area contributed by atoms with E-state index >= 15 is 0 Å². The van der Waals surface area contributed by atoms with E-state index in [2.05, 4.69) is 0 Å². The molecule has 1 atom stereocenters. The molecule has 0 heterocycles. The predicted molar refractivity (Wildman–Crippen MR) is 55.4 cm³/mol. The van der Waals surface area contributed by atoms with Crippen LogP contribution in [-0.4, -0.2) is 21.7 Å². The van der Waals surface area contributed by atoms with Crippen molar-refractivity contribution in [1.82, 2.24) is 0 Å². The van der Waals surface area contributed by atoms with Gasteiger partial charge in [-0.05, 0) is 5.75 Å². The van der Waals surface area contributed by atoms with Crippen molar-refractivity contribution in [3.63, 3.8) is 0 Å². The molecule has 12 heavy (non-hydrogen) atoms. The zero-order chi connectivity index (χ0) is 9.56. The van der Waals surface area contributed by atoms with Crippen LogP contribution in [0.2, 0.25) is 0 Å². The fourth-order valence-corrected chi connectivity index (χ4v) is 1.99. The first-order valence-corrected chi connectivity index (χ1v) is 5.85. The summed E-state index contributed by atoms with van der Waals surface area (Å²) in [6, 6.07) is 0. The second kappa shape index (κ2) is 6.54. The molecule has 0 rings (SSSR count). The highest BCUT2D eigenvalue weighted by atomic mass is 32.2. The summed E-state index contributed by atoms with van der Waals surface area (Å²) in [5.41, 5.74) is 0. The molecule has 0 aromatic carbocycles. The molecular formula is C8H14O2S2. The summed E-state index contributed by atoms with van der Waals surface area (Å²) in [6.07, 6.45) is 0. The molecule has 0 unspecified atom stereocenters. The monoisotopic (exact) mass is 206 g/mol. The van der Waals surface area contributed by atoms with Crippen LogP contribution in [0.1, 0.15) is 20.8 Å². The summed E-state index contributed by atoms with van der Waals surface area (Å²) in [6.45, 7) is 5.34. The van der Waals surface area contributed by atoms with Gasteiger partial charge in [-0.25, -0.2) is 0 Å². The number of carbonyl (C=O) groups excluding carboxylic acids is 2. The molecule has 0 aromatic rings. The number of rotatable bonds is 4. The van der Waals surface area contributed by atoms with Gasteiger partial charge in [-0.1, -0.05) is 37.4 Å². The Bertz CT molecular complexity index is 168. The summed E-state index contributed by atoms with van der Waals surface area (Å²) >= 11 is 2.55. The Morgan fingerprint density at radius 2 is 1.92 bits per heavy atom. The molecule has 0 aliphatic rings. The molecule has 70 valence electrons. The fraction of sp³-hybridized carbons (Fsp3) is 0.750. The Morgan fingerprint density at radius 3 is 2.33 bits per heavy atom. The summed E-state index contributed by atoms with van der Waals surface area (Å²) in [5, 5.41) is 0.266. The van der Waals surface area contributed by atoms with Crippen molar-refractivity contribution in [3.8, 4) is 0 Å². The molecular weight excluding hydrogens is 192 g/mol. The van der Waals surface area contributed by atoms with E-state index in [-0.39, 0.29) is 16.1 Å². The third kappa shape index (κ3) is 5.66. The largest absolute Gasteiger partial charge is 0.288 e. The number of carbonyl (C=O) groups is 2. The summed E-state index contributed by atoms with van der Waals surface area (Å²) in [4.78, 5) is 21.8. The highest BCUT2D eigenvalue weighted by molar-refractivity contribution is 8.14. The van der Waals surface area contributed by atoms with Crippen LogP contribution in [0.15, 0.2) is 0 Å². The lowest BCUT2D eigenvalue weighted by Crippen LogP contribution is -2.10. The number of hydrogen-bond donors (Lipinski definition) is 0. The minimum absolute atomic E-state index is 0.0103. The number of hydrogen-bond acceptors (Lipinski definition) is 4. The van der Waals surface area contributed by atoms with E-state index in [0.29, 0.717) is 5.75 Å². The van der Waals surface area contributed by atoms with Gasteiger partial charge in [0.15, 0.2) is 10.2 Å². The summed E-state index contributed by atoms with van der Waals surface area (Å²) < 4.78 is 0. The second-order valence-corrected chi connectivity index (χ2v) is 4.92. The average molecular weight is 206 g/mol. The van der Waals surface area contributed by atoms with Crippen molar-refractivity contribution in [2.75, 3.05) is 11.5 Å². The van der Waals surface area contributed by atoms with Crippen molar-refractivity contribution in [2.24, 2.45) is 5.92 Å². The molecule has 2 nitrogen and oxygen atoms in total. The summed E-state index contributed by atoms with van der Waals surface area (Å²) in [5.74, 6) is 1.42. The second-order valence-electron chi connectivity index (χ2n) is 2.46. The van der Waals surface area contributed by atoms with Crippen molar-refractivity contribution in [1.29, 1.82) is 0 Å². The molecule has 0 N–H and O–H groups in total. The highest BCUT2D eigenvalue weighted by Crippen LogP contribution is 2.15. The standard InChI is InChI=1S/C8H14O2S2/c1-4-11-8(10)6(2)5-12-7(3)9/h6H,4-5H2,1-3H3/t6-/m0/s1. The van der Waals surface area contributed by atoms with Gasteiger partial charge in [0.25, 0.3) is 0 Å². The Balaban J connectivity index is 3.63. The van der Waals surface area contributed by atoms with Gasteiger partial charge >= 0.3 is 0 Å². The van der Waals surface area contributed by atoms with Crippen molar-refractivity contribution in [2.45, 2.75) is 20.8 Å². The summed E-state index contributed by atoms with van der Waals surface area (Å²) in [7, 11) is 0. The molecule has 0 amide bonds. The first-order chi connectivity index (χ1) is 5.57. The van der Waals surface area contributed by atoms with Gasteiger partial charge in [-0.15, -0.1) is 0 Å². The zero-order valence-corrected chi connectivity index (χ0v) is 9.26. The van der Waals surface area contributed by atoms with Crippen LogP contribution in [0.25, 0.3) is 0 Å². The quantitative estimate of drug-likeness (QED) is 0.706. The van der Waals surface area contributed by atoms with E-state index in [1.54, 1.807) is 0 Å². The number of thioether (sulfide) groups is 2. The molecule has 0 fully saturated rings. The van der Waals surface area contributed by atoms with Gasteiger partial charge in [0.05, 0.1) is 0 Å². The van der Waals surface area contributed by atoms with Crippen LogP contribution in [0, 0.1) is 5.92 Å². The first kappa shape index (κ1) is 12.0. The van der Waals surface area contributed by atoms with E-state index in [9.17, 15) is 9.59 Å². The maximum absolute atomic E-state index is 11.2. The van der Waals surface area contributed by atoms with Crippen LogP contribution < -0.4 is 0 Å². The van der Waals surface area contributed by atoms with Crippen molar-refractivity contribution < 1.29 is 9.59 Å². The molecule has 0 saturated heterocycles. The third-order valence-electron chi connectivity index (χ3n) is 1.23. The topological polar surface area (TPSA) is 34.1 Å². The van der Waals surface area contributed by atoms with Gasteiger partial charge in [0.1, 0.15) is 0 Å². The molecule has 0 aromatic heterocycles. The van der Waals surface area contributed by atoms with Crippen LogP contribution in [0.3, 0.4) is 0 Å². The Labute approximate surface area is 81.9 Å². The molecule has 0 spiro atoms. The van der Waals surface area contributed by atoms with Crippen molar-refractivity contribution in [3.05, 3.63) is 0 Å². The Hall–Kier alpha value is 0.0400. The Morgan fingerprint density at radius 1 is 1.33 bits per heavy atom. The van der Waals surface area contributed by atoms with E-state index in [0.717, 1.165) is 5.75 Å². The van der Waals surface area contributed by atoms with E-state index in [4.69, 9.17) is 0 Å². The average Bonchev–Trinajstić information content (AvgIpc) is 2.00. The normalized spacial score (nSPS) is 12.6. The molecule has 4 heteroatoms. The molecule has 0 aliphatic carbocycles. The van der Waals surface area contributed by atoms with Crippen LogP contribution in [-0.2, 0) is 9.59 Å². The SMILES string of the molecule is CCSC(=O)[C@@H](C)CSC(C)=O. The minimum atomic E-state index is -0.0103. The lowest BCUT2D eigenvalue weighted by Gasteiger charge is -2.06. The molecule has 0 aliphatic heterocycles. The van der Waals surface area contributed by atoms with Crippen LogP contribution in [0.5, 0.6) is 0 Å². The maximum atomic E-state index is 11.2. The van der Waals surface area contributed by atoms with Gasteiger partial charge < -0.3 is 0 Å². The van der Waals surface area contributed by atoms with Gasteiger partial charge in [0.2, 0.25) is 0 Å². The van der Waals surface area contributed by atoms with Crippen LogP contribution in [0.4, 0.5) is 0 Å². The van der Waals surface area contributed by atoms with E-state index in [1.165, 1.54) is 30.4 Å². The van der Waals surface area contributed by atoms with E-state index in [1.807, 2.05) is 13.8 Å². The van der Waals surface area contributed by atoms with Gasteiger partial charge in [-0.3, -0.25) is 9.59 Å².